The number of carbonyl (C=O) groups excluding carboxylic acids is 2. The van der Waals surface area contributed by atoms with E-state index in [1.54, 1.807) is 0 Å². The molecule has 2 atom stereocenters. The molecule has 1 heterocycles. The summed E-state index contributed by atoms with van der Waals surface area (Å²) in [6.07, 6.45) is -0.711. The number of nitrogens with one attached hydrogen (secondary N) is 1. The molecule has 0 bridgehead atoms. The van der Waals surface area contributed by atoms with Gasteiger partial charge in [0.25, 0.3) is 0 Å². The fourth-order valence-electron chi connectivity index (χ4n) is 4.64. The molecule has 9 heteroatoms. The number of carboxylic acids is 1. The van der Waals surface area contributed by atoms with Gasteiger partial charge in [-0.15, -0.1) is 0 Å². The van der Waals surface area contributed by atoms with Gasteiger partial charge in [0.15, 0.2) is 0 Å². The minimum Gasteiger partial charge on any atom is -0.479 e. The molecule has 2 N–H and O–H groups in total. The van der Waals surface area contributed by atoms with Crippen molar-refractivity contribution in [3.63, 3.8) is 0 Å². The first-order valence-electron chi connectivity index (χ1n) is 11.1. The summed E-state index contributed by atoms with van der Waals surface area (Å²) in [5.41, 5.74) is 2.81. The van der Waals surface area contributed by atoms with E-state index in [0.717, 1.165) is 22.3 Å². The van der Waals surface area contributed by atoms with Gasteiger partial charge in [0, 0.05) is 19.6 Å². The predicted molar refractivity (Wildman–Crippen MR) is 122 cm³/mol. The van der Waals surface area contributed by atoms with Gasteiger partial charge in [-0.05, 0) is 29.2 Å². The largest absolute Gasteiger partial charge is 0.479 e. The maximum atomic E-state index is 12.9. The molecule has 9 nitrogen and oxygen atoms in total. The highest BCUT2D eigenvalue weighted by Gasteiger charge is 2.46. The molecule has 4 rings (SSSR count). The van der Waals surface area contributed by atoms with Crippen LogP contribution < -0.4 is 5.32 Å². The second-order valence-corrected chi connectivity index (χ2v) is 8.53. The van der Waals surface area contributed by atoms with Crippen LogP contribution in [0.1, 0.15) is 24.0 Å². The van der Waals surface area contributed by atoms with Crippen LogP contribution in [0.5, 0.6) is 0 Å². The van der Waals surface area contributed by atoms with E-state index in [0.29, 0.717) is 0 Å². The lowest BCUT2D eigenvalue weighted by molar-refractivity contribution is -0.189. The summed E-state index contributed by atoms with van der Waals surface area (Å²) in [4.78, 5) is 38.5. The normalized spacial score (nSPS) is 20.2. The fraction of sp³-hybridized carbons (Fsp3) is 0.400. The van der Waals surface area contributed by atoms with Crippen LogP contribution in [0.25, 0.3) is 11.1 Å². The first-order chi connectivity index (χ1) is 16.4. The quantitative estimate of drug-likeness (QED) is 0.641. The zero-order valence-electron chi connectivity index (χ0n) is 19.2. The maximum Gasteiger partial charge on any atom is 0.407 e. The molecule has 2 aromatic rings. The first kappa shape index (κ1) is 23.7. The zero-order valence-corrected chi connectivity index (χ0v) is 19.2. The third kappa shape index (κ3) is 4.49. The van der Waals surface area contributed by atoms with Crippen molar-refractivity contribution in [2.45, 2.75) is 24.5 Å². The molecule has 1 aliphatic heterocycles. The topological polar surface area (TPSA) is 114 Å². The highest BCUT2D eigenvalue weighted by molar-refractivity contribution is 5.87. The monoisotopic (exact) mass is 468 g/mol. The van der Waals surface area contributed by atoms with E-state index in [1.165, 1.54) is 18.9 Å². The molecular weight excluding hydrogens is 440 g/mol. The number of benzene rings is 2. The Labute approximate surface area is 197 Å². The molecule has 1 fully saturated rings. The van der Waals surface area contributed by atoms with E-state index in [1.807, 2.05) is 36.4 Å². The standard InChI is InChI=1S/C25H28N2O7/c1-16(22(28)27-11-12-34-25(14-27,15-32-2)23(29)30)26-24(31)33-13-21-19-9-5-3-7-17(19)18-8-4-6-10-20(18)21/h3-10,16,21H,11-15H2,1-2H3,(H,26,31)(H,29,30)/t16-,25?/m1/s1. The smallest absolute Gasteiger partial charge is 0.407 e. The molecule has 2 amide bonds. The van der Waals surface area contributed by atoms with E-state index in [9.17, 15) is 19.5 Å². The van der Waals surface area contributed by atoms with E-state index in [-0.39, 0.29) is 38.8 Å². The van der Waals surface area contributed by atoms with Crippen molar-refractivity contribution in [3.8, 4) is 11.1 Å². The van der Waals surface area contributed by atoms with Gasteiger partial charge in [0.2, 0.25) is 11.5 Å². The number of hydrogen-bond donors (Lipinski definition) is 2. The molecule has 1 aliphatic carbocycles. The van der Waals surface area contributed by atoms with Crippen molar-refractivity contribution in [1.82, 2.24) is 10.2 Å². The summed E-state index contributed by atoms with van der Waals surface area (Å²) < 4.78 is 15.9. The number of aliphatic carboxylic acids is 1. The Morgan fingerprint density at radius 1 is 1.15 bits per heavy atom. The van der Waals surface area contributed by atoms with Crippen molar-refractivity contribution in [2.75, 3.05) is 40.0 Å². The van der Waals surface area contributed by atoms with E-state index in [2.05, 4.69) is 17.4 Å². The first-order valence-corrected chi connectivity index (χ1v) is 11.1. The number of fused-ring (bicyclic) bond motifs is 3. The van der Waals surface area contributed by atoms with Crippen LogP contribution in [0.4, 0.5) is 4.79 Å². The predicted octanol–water partition coefficient (Wildman–Crippen LogP) is 2.24. The third-order valence-electron chi connectivity index (χ3n) is 6.31. The second-order valence-electron chi connectivity index (χ2n) is 8.53. The van der Waals surface area contributed by atoms with Gasteiger partial charge in [-0.2, -0.15) is 0 Å². The van der Waals surface area contributed by atoms with Gasteiger partial charge >= 0.3 is 12.1 Å². The summed E-state index contributed by atoms with van der Waals surface area (Å²) >= 11 is 0. The molecule has 180 valence electrons. The molecule has 0 radical (unpaired) electrons. The van der Waals surface area contributed by atoms with Crippen LogP contribution in [0.3, 0.4) is 0 Å². The van der Waals surface area contributed by atoms with E-state index < -0.39 is 29.6 Å². The maximum absolute atomic E-state index is 12.9. The van der Waals surface area contributed by atoms with E-state index in [4.69, 9.17) is 14.2 Å². The lowest BCUT2D eigenvalue weighted by atomic mass is 9.98. The SMILES string of the molecule is COCC1(C(=O)O)CN(C(=O)[C@@H](C)NC(=O)OCC2c3ccccc3-c3ccccc32)CCO1. The summed E-state index contributed by atoms with van der Waals surface area (Å²) in [6, 6.07) is 15.1. The van der Waals surface area contributed by atoms with Crippen LogP contribution >= 0.6 is 0 Å². The fourth-order valence-corrected chi connectivity index (χ4v) is 4.64. The molecule has 1 unspecified atom stereocenters. The minimum atomic E-state index is -1.63. The number of carbonyl (C=O) groups is 3. The van der Waals surface area contributed by atoms with Gasteiger partial charge in [-0.25, -0.2) is 9.59 Å². The summed E-state index contributed by atoms with van der Waals surface area (Å²) in [5, 5.41) is 12.1. The van der Waals surface area contributed by atoms with Crippen LogP contribution in [0.2, 0.25) is 0 Å². The van der Waals surface area contributed by atoms with Crippen LogP contribution in [-0.4, -0.2) is 79.6 Å². The van der Waals surface area contributed by atoms with Crippen molar-refractivity contribution >= 4 is 18.0 Å². The van der Waals surface area contributed by atoms with Gasteiger partial charge in [0.1, 0.15) is 12.6 Å². The average Bonchev–Trinajstić information content (AvgIpc) is 3.16. The number of amides is 2. The highest BCUT2D eigenvalue weighted by Crippen LogP contribution is 2.44. The van der Waals surface area contributed by atoms with Crippen molar-refractivity contribution in [2.24, 2.45) is 0 Å². The second kappa shape index (κ2) is 9.82. The zero-order chi connectivity index (χ0) is 24.3. The summed E-state index contributed by atoms with van der Waals surface area (Å²) in [7, 11) is 1.37. The lowest BCUT2D eigenvalue weighted by Gasteiger charge is -2.40. The number of rotatable bonds is 7. The van der Waals surface area contributed by atoms with Crippen LogP contribution in [0.15, 0.2) is 48.5 Å². The number of methoxy groups -OCH3 is 1. The van der Waals surface area contributed by atoms with Crippen LogP contribution in [-0.2, 0) is 23.8 Å². The van der Waals surface area contributed by atoms with Crippen molar-refractivity contribution in [3.05, 3.63) is 59.7 Å². The Hall–Kier alpha value is -3.43. The number of ether oxygens (including phenoxy) is 3. The minimum absolute atomic E-state index is 0.0546. The number of hydrogen-bond acceptors (Lipinski definition) is 6. The average molecular weight is 469 g/mol. The summed E-state index contributed by atoms with van der Waals surface area (Å²) in [6.45, 7) is 1.58. The Kier molecular flexibility index (Phi) is 6.85. The lowest BCUT2D eigenvalue weighted by Crippen LogP contribution is -2.62. The van der Waals surface area contributed by atoms with Crippen molar-refractivity contribution < 1.29 is 33.7 Å². The molecule has 2 aliphatic rings. The number of nitrogens with zero attached hydrogens (tertiary/aromatic N) is 1. The Morgan fingerprint density at radius 3 is 2.35 bits per heavy atom. The van der Waals surface area contributed by atoms with Crippen LogP contribution in [0, 0.1) is 0 Å². The van der Waals surface area contributed by atoms with Gasteiger partial charge in [0.05, 0.1) is 19.8 Å². The molecule has 1 saturated heterocycles. The van der Waals surface area contributed by atoms with Gasteiger partial charge in [-0.1, -0.05) is 48.5 Å². The molecule has 0 saturated carbocycles. The molecule has 34 heavy (non-hydrogen) atoms. The Bertz CT molecular complexity index is 1040. The van der Waals surface area contributed by atoms with Gasteiger partial charge in [-0.3, -0.25) is 4.79 Å². The summed E-state index contributed by atoms with van der Waals surface area (Å²) in [5.74, 6) is -1.71. The van der Waals surface area contributed by atoms with Gasteiger partial charge < -0.3 is 29.5 Å². The molecule has 0 aromatic heterocycles. The molecular formula is C25H28N2O7. The van der Waals surface area contributed by atoms with E-state index >= 15 is 0 Å². The number of alkyl carbamates (subject to hydrolysis) is 1. The third-order valence-corrected chi connectivity index (χ3v) is 6.31. The highest BCUT2D eigenvalue weighted by atomic mass is 16.6. The van der Waals surface area contributed by atoms with Crippen molar-refractivity contribution in [1.29, 1.82) is 0 Å². The Morgan fingerprint density at radius 2 is 1.76 bits per heavy atom. The molecule has 0 spiro atoms. The Balaban J connectivity index is 1.36. The molecule has 2 aromatic carbocycles. The number of carboxylic acid groups (broad SMARTS) is 1. The number of morpholine rings is 1.